The summed E-state index contributed by atoms with van der Waals surface area (Å²) < 4.78 is 0. The molecule has 0 radical (unpaired) electrons. The molecule has 0 fully saturated rings. The second-order valence-electron chi connectivity index (χ2n) is 4.35. The highest BCUT2D eigenvalue weighted by molar-refractivity contribution is 8.04. The molecule has 0 spiro atoms. The summed E-state index contributed by atoms with van der Waals surface area (Å²) in [6.07, 6.45) is 1.96. The maximum absolute atomic E-state index is 12.3. The number of allylic oxidation sites excluding steroid dienone is 1. The Balaban J connectivity index is 2.00. The van der Waals surface area contributed by atoms with E-state index >= 15 is 0 Å². The molecule has 1 aliphatic rings. The van der Waals surface area contributed by atoms with E-state index in [0.29, 0.717) is 0 Å². The van der Waals surface area contributed by atoms with Crippen molar-refractivity contribution >= 4 is 23.6 Å². The molecule has 0 bridgehead atoms. The van der Waals surface area contributed by atoms with Crippen LogP contribution in [0.15, 0.2) is 58.3 Å². The van der Waals surface area contributed by atoms with Gasteiger partial charge in [0.2, 0.25) is 5.78 Å². The normalized spacial score (nSPS) is 16.1. The lowest BCUT2D eigenvalue weighted by molar-refractivity contribution is 0.104. The summed E-state index contributed by atoms with van der Waals surface area (Å²) in [4.78, 5) is 14.1. The van der Waals surface area contributed by atoms with E-state index < -0.39 is 0 Å². The summed E-state index contributed by atoms with van der Waals surface area (Å²) in [5.41, 5.74) is 3.03. The number of hydrogen-bond donors (Lipinski definition) is 0. The smallest absolute Gasteiger partial charge is 0.200 e. The van der Waals surface area contributed by atoms with Crippen LogP contribution >= 0.6 is 11.8 Å². The van der Waals surface area contributed by atoms with Crippen molar-refractivity contribution in [3.05, 3.63) is 70.1 Å². The Morgan fingerprint density at radius 3 is 2.61 bits per heavy atom. The van der Waals surface area contributed by atoms with Crippen molar-refractivity contribution in [3.63, 3.8) is 0 Å². The molecule has 0 saturated carbocycles. The van der Waals surface area contributed by atoms with Crippen LogP contribution < -0.4 is 0 Å². The third kappa shape index (κ3) is 2.00. The van der Waals surface area contributed by atoms with Crippen LogP contribution in [0.25, 0.3) is 6.08 Å². The molecule has 0 aliphatic carbocycles. The summed E-state index contributed by atoms with van der Waals surface area (Å²) in [7, 11) is 0. The zero-order valence-corrected chi connectivity index (χ0v) is 10.8. The molecular formula is C16H12OS. The molecule has 0 aromatic heterocycles. The molecule has 88 valence electrons. The first kappa shape index (κ1) is 11.3. The lowest BCUT2D eigenvalue weighted by atomic mass is 10.1. The SMILES string of the molecule is Cc1ccc2c(c1)C(=O)/C(=C\c1ccccc1)S2. The van der Waals surface area contributed by atoms with Gasteiger partial charge in [0.05, 0.1) is 4.91 Å². The van der Waals surface area contributed by atoms with Gasteiger partial charge in [-0.25, -0.2) is 0 Å². The molecule has 0 atom stereocenters. The van der Waals surface area contributed by atoms with E-state index in [1.807, 2.05) is 61.5 Å². The molecule has 2 aromatic carbocycles. The first-order chi connectivity index (χ1) is 8.74. The molecule has 3 rings (SSSR count). The predicted molar refractivity (Wildman–Crippen MR) is 75.8 cm³/mol. The molecule has 18 heavy (non-hydrogen) atoms. The van der Waals surface area contributed by atoms with Crippen LogP contribution in [0, 0.1) is 6.92 Å². The number of aryl methyl sites for hydroxylation is 1. The van der Waals surface area contributed by atoms with Crippen LogP contribution in [0.2, 0.25) is 0 Å². The van der Waals surface area contributed by atoms with Gasteiger partial charge in [-0.15, -0.1) is 0 Å². The molecular weight excluding hydrogens is 240 g/mol. The van der Waals surface area contributed by atoms with E-state index in [-0.39, 0.29) is 5.78 Å². The van der Waals surface area contributed by atoms with Crippen LogP contribution in [-0.4, -0.2) is 5.78 Å². The Bertz CT molecular complexity index is 641. The average Bonchev–Trinajstić information content (AvgIpc) is 2.68. The van der Waals surface area contributed by atoms with Gasteiger partial charge in [0.15, 0.2) is 0 Å². The number of carbonyl (C=O) groups excluding carboxylic acids is 1. The van der Waals surface area contributed by atoms with Gasteiger partial charge in [-0.3, -0.25) is 4.79 Å². The van der Waals surface area contributed by atoms with Gasteiger partial charge in [0.25, 0.3) is 0 Å². The maximum atomic E-state index is 12.3. The number of carbonyl (C=O) groups is 1. The van der Waals surface area contributed by atoms with Gasteiger partial charge in [0, 0.05) is 10.5 Å². The first-order valence-electron chi connectivity index (χ1n) is 5.84. The van der Waals surface area contributed by atoms with Gasteiger partial charge in [-0.2, -0.15) is 0 Å². The highest BCUT2D eigenvalue weighted by Gasteiger charge is 2.25. The van der Waals surface area contributed by atoms with Crippen molar-refractivity contribution in [2.75, 3.05) is 0 Å². The van der Waals surface area contributed by atoms with E-state index in [4.69, 9.17) is 0 Å². The van der Waals surface area contributed by atoms with E-state index in [9.17, 15) is 4.79 Å². The summed E-state index contributed by atoms with van der Waals surface area (Å²) in [6, 6.07) is 16.0. The molecule has 1 nitrogen and oxygen atoms in total. The number of thioether (sulfide) groups is 1. The van der Waals surface area contributed by atoms with Crippen LogP contribution in [0.5, 0.6) is 0 Å². The van der Waals surface area contributed by atoms with Crippen molar-refractivity contribution in [3.8, 4) is 0 Å². The van der Waals surface area contributed by atoms with Crippen molar-refractivity contribution in [2.45, 2.75) is 11.8 Å². The molecule has 1 aliphatic heterocycles. The van der Waals surface area contributed by atoms with E-state index in [2.05, 4.69) is 0 Å². The predicted octanol–water partition coefficient (Wildman–Crippen LogP) is 4.32. The van der Waals surface area contributed by atoms with E-state index in [1.54, 1.807) is 11.8 Å². The Morgan fingerprint density at radius 1 is 1.06 bits per heavy atom. The summed E-state index contributed by atoms with van der Waals surface area (Å²) in [5, 5.41) is 0. The lowest BCUT2D eigenvalue weighted by Crippen LogP contribution is -1.94. The molecule has 0 amide bonds. The number of benzene rings is 2. The molecule has 1 heterocycles. The van der Waals surface area contributed by atoms with Crippen LogP contribution in [0.1, 0.15) is 21.5 Å². The van der Waals surface area contributed by atoms with Gasteiger partial charge in [0.1, 0.15) is 0 Å². The monoisotopic (exact) mass is 252 g/mol. The van der Waals surface area contributed by atoms with Gasteiger partial charge in [-0.05, 0) is 30.7 Å². The minimum Gasteiger partial charge on any atom is -0.288 e. The zero-order chi connectivity index (χ0) is 12.5. The van der Waals surface area contributed by atoms with Gasteiger partial charge < -0.3 is 0 Å². The summed E-state index contributed by atoms with van der Waals surface area (Å²) in [5.74, 6) is 0.141. The standard InChI is InChI=1S/C16H12OS/c1-11-7-8-14-13(9-11)16(17)15(18-14)10-12-5-3-2-4-6-12/h2-10H,1H3/b15-10+. The van der Waals surface area contributed by atoms with Crippen LogP contribution in [0.4, 0.5) is 0 Å². The number of fused-ring (bicyclic) bond motifs is 1. The van der Waals surface area contributed by atoms with Gasteiger partial charge >= 0.3 is 0 Å². The first-order valence-corrected chi connectivity index (χ1v) is 6.65. The third-order valence-corrected chi connectivity index (χ3v) is 4.02. The van der Waals surface area contributed by atoms with Crippen molar-refractivity contribution in [2.24, 2.45) is 0 Å². The lowest BCUT2D eigenvalue weighted by Gasteiger charge is -1.95. The Morgan fingerprint density at radius 2 is 1.83 bits per heavy atom. The molecule has 0 saturated heterocycles. The number of rotatable bonds is 1. The fourth-order valence-corrected chi connectivity index (χ4v) is 3.04. The third-order valence-electron chi connectivity index (χ3n) is 2.92. The summed E-state index contributed by atoms with van der Waals surface area (Å²) in [6.45, 7) is 2.01. The Kier molecular flexibility index (Phi) is 2.80. The average molecular weight is 252 g/mol. The highest BCUT2D eigenvalue weighted by atomic mass is 32.2. The fraction of sp³-hybridized carbons (Fsp3) is 0.0625. The Labute approximate surface area is 111 Å². The van der Waals surface area contributed by atoms with E-state index in [0.717, 1.165) is 26.5 Å². The number of hydrogen-bond acceptors (Lipinski definition) is 2. The largest absolute Gasteiger partial charge is 0.288 e. The zero-order valence-electron chi connectivity index (χ0n) is 10.0. The quantitative estimate of drug-likeness (QED) is 0.703. The molecule has 2 heteroatoms. The summed E-state index contributed by atoms with van der Waals surface area (Å²) >= 11 is 1.56. The molecule has 0 N–H and O–H groups in total. The highest BCUT2D eigenvalue weighted by Crippen LogP contribution is 2.41. The second kappa shape index (κ2) is 4.46. The minimum absolute atomic E-state index is 0.141. The van der Waals surface area contributed by atoms with E-state index in [1.165, 1.54) is 0 Å². The maximum Gasteiger partial charge on any atom is 0.200 e. The molecule has 0 unspecified atom stereocenters. The van der Waals surface area contributed by atoms with Gasteiger partial charge in [-0.1, -0.05) is 53.7 Å². The van der Waals surface area contributed by atoms with Crippen LogP contribution in [0.3, 0.4) is 0 Å². The van der Waals surface area contributed by atoms with Crippen molar-refractivity contribution in [1.29, 1.82) is 0 Å². The fourth-order valence-electron chi connectivity index (χ4n) is 2.00. The van der Waals surface area contributed by atoms with Crippen molar-refractivity contribution < 1.29 is 4.79 Å². The Hall–Kier alpha value is -1.80. The second-order valence-corrected chi connectivity index (χ2v) is 5.43. The number of ketones is 1. The minimum atomic E-state index is 0.141. The van der Waals surface area contributed by atoms with Crippen molar-refractivity contribution in [1.82, 2.24) is 0 Å². The number of Topliss-reactive ketones (excluding diaryl/α,β-unsaturated/α-hetero) is 1. The van der Waals surface area contributed by atoms with Crippen LogP contribution in [-0.2, 0) is 0 Å². The molecule has 2 aromatic rings. The topological polar surface area (TPSA) is 17.1 Å².